The predicted octanol–water partition coefficient (Wildman–Crippen LogP) is 3.64. The van der Waals surface area contributed by atoms with Crippen LogP contribution in [0.4, 0.5) is 0 Å². The minimum absolute atomic E-state index is 0.344. The maximum Gasteiger partial charge on any atom is 0.269 e. The van der Waals surface area contributed by atoms with Crippen molar-refractivity contribution < 1.29 is 9.53 Å². The van der Waals surface area contributed by atoms with E-state index in [2.05, 4.69) is 21.8 Å². The Hall–Kier alpha value is -4.02. The number of carbonyl (C=O) groups is 1. The van der Waals surface area contributed by atoms with Crippen LogP contribution in [0.5, 0.6) is 11.5 Å². The molecule has 1 aliphatic rings. The topological polar surface area (TPSA) is 88.7 Å². The van der Waals surface area contributed by atoms with E-state index in [1.54, 1.807) is 4.52 Å². The summed E-state index contributed by atoms with van der Waals surface area (Å²) in [7, 11) is 0. The molecule has 3 N–H and O–H groups in total. The van der Waals surface area contributed by atoms with Gasteiger partial charge in [0.1, 0.15) is 17.2 Å². The van der Waals surface area contributed by atoms with Gasteiger partial charge in [-0.3, -0.25) is 14.8 Å². The summed E-state index contributed by atoms with van der Waals surface area (Å²) >= 11 is 0. The van der Waals surface area contributed by atoms with Gasteiger partial charge in [0.25, 0.3) is 5.91 Å². The predicted molar refractivity (Wildman–Crippen MR) is 123 cm³/mol. The average molecular weight is 425 g/mol. The summed E-state index contributed by atoms with van der Waals surface area (Å²) < 4.78 is 7.55. The lowest BCUT2D eigenvalue weighted by atomic mass is 9.93. The van der Waals surface area contributed by atoms with Gasteiger partial charge in [0.15, 0.2) is 11.3 Å². The summed E-state index contributed by atoms with van der Waals surface area (Å²) in [4.78, 5) is 19.4. The Balaban J connectivity index is 1.43. The highest BCUT2D eigenvalue weighted by Gasteiger charge is 2.32. The van der Waals surface area contributed by atoms with Crippen LogP contribution in [-0.4, -0.2) is 45.0 Å². The number of likely N-dealkylation sites (tertiary alicyclic amines) is 1. The standard InChI is InChI=1S/C25H23N5O2/c1-2-3-13-29-15-18(16-29)21-14-27-30-23(24(26)31)22(28-25(21)30)17-9-11-20(12-10-17)32-19-7-5-4-6-8-19/h4-12,14,18,27H,13,15-16H2,1H3,(H2,26,31). The van der Waals surface area contributed by atoms with Gasteiger partial charge in [-0.1, -0.05) is 24.1 Å². The highest BCUT2D eigenvalue weighted by molar-refractivity contribution is 5.98. The van der Waals surface area contributed by atoms with Crippen LogP contribution in [0.1, 0.15) is 28.9 Å². The highest BCUT2D eigenvalue weighted by atomic mass is 16.5. The van der Waals surface area contributed by atoms with Gasteiger partial charge in [-0.05, 0) is 43.3 Å². The number of ether oxygens (including phenoxy) is 1. The Kier molecular flexibility index (Phi) is 5.13. The third-order valence-electron chi connectivity index (χ3n) is 5.70. The van der Waals surface area contributed by atoms with E-state index >= 15 is 0 Å². The second-order valence-electron chi connectivity index (χ2n) is 7.82. The lowest BCUT2D eigenvalue weighted by Gasteiger charge is -2.37. The van der Waals surface area contributed by atoms with Crippen LogP contribution in [0.2, 0.25) is 0 Å². The van der Waals surface area contributed by atoms with Crippen LogP contribution >= 0.6 is 0 Å². The first-order chi connectivity index (χ1) is 15.6. The third kappa shape index (κ3) is 3.61. The van der Waals surface area contributed by atoms with Crippen molar-refractivity contribution in [3.8, 4) is 34.6 Å². The zero-order chi connectivity index (χ0) is 22.1. The number of nitrogens with two attached hydrogens (primary N) is 1. The number of benzene rings is 2. The zero-order valence-corrected chi connectivity index (χ0v) is 17.7. The molecule has 0 radical (unpaired) electrons. The third-order valence-corrected chi connectivity index (χ3v) is 5.70. The molecule has 1 aliphatic heterocycles. The second kappa shape index (κ2) is 8.25. The minimum atomic E-state index is -0.529. The maximum absolute atomic E-state index is 12.3. The van der Waals surface area contributed by atoms with E-state index in [0.717, 1.165) is 42.2 Å². The molecule has 2 aromatic heterocycles. The van der Waals surface area contributed by atoms with Crippen LogP contribution in [0.25, 0.3) is 16.9 Å². The fraction of sp³-hybridized carbons (Fsp3) is 0.200. The van der Waals surface area contributed by atoms with Gasteiger partial charge in [-0.15, -0.1) is 5.92 Å². The van der Waals surface area contributed by atoms with E-state index in [1.807, 2.05) is 67.7 Å². The molecule has 0 saturated carbocycles. The molecular weight excluding hydrogens is 402 g/mol. The SMILES string of the molecule is CC#CCN1CC(c2c[nH]n3c(C(N)=O)c(-c4ccc(Oc5ccccc5)cc4)nc23)C1. The monoisotopic (exact) mass is 425 g/mol. The fourth-order valence-electron chi connectivity index (χ4n) is 4.06. The molecule has 1 amide bonds. The number of nitrogens with zero attached hydrogens (tertiary/aromatic N) is 3. The smallest absolute Gasteiger partial charge is 0.269 e. The van der Waals surface area contributed by atoms with Crippen LogP contribution < -0.4 is 10.5 Å². The number of nitrogens with one attached hydrogen (secondary N) is 1. The molecular formula is C25H23N5O2. The molecule has 0 aliphatic carbocycles. The van der Waals surface area contributed by atoms with Crippen LogP contribution in [-0.2, 0) is 0 Å². The van der Waals surface area contributed by atoms with Crippen molar-refractivity contribution in [2.75, 3.05) is 19.6 Å². The number of hydrogen-bond acceptors (Lipinski definition) is 4. The van der Waals surface area contributed by atoms with Gasteiger partial charge in [-0.25, -0.2) is 9.50 Å². The first-order valence-electron chi connectivity index (χ1n) is 10.5. The van der Waals surface area contributed by atoms with Gasteiger partial charge in [0.05, 0.1) is 6.54 Å². The van der Waals surface area contributed by atoms with E-state index in [0.29, 0.717) is 23.1 Å². The molecule has 5 rings (SSSR count). The van der Waals surface area contributed by atoms with Crippen LogP contribution in [0.3, 0.4) is 0 Å². The van der Waals surface area contributed by atoms with Crippen LogP contribution in [0, 0.1) is 11.8 Å². The first-order valence-corrected chi connectivity index (χ1v) is 10.5. The van der Waals surface area contributed by atoms with E-state index in [4.69, 9.17) is 15.5 Å². The van der Waals surface area contributed by atoms with E-state index < -0.39 is 5.91 Å². The average Bonchev–Trinajstić information content (AvgIpc) is 3.34. The van der Waals surface area contributed by atoms with Gasteiger partial charge < -0.3 is 10.5 Å². The molecule has 1 saturated heterocycles. The van der Waals surface area contributed by atoms with Crippen molar-refractivity contribution in [2.24, 2.45) is 5.73 Å². The van der Waals surface area contributed by atoms with Crippen molar-refractivity contribution >= 4 is 11.6 Å². The number of fused-ring (bicyclic) bond motifs is 1. The first kappa shape index (κ1) is 19.9. The largest absolute Gasteiger partial charge is 0.457 e. The van der Waals surface area contributed by atoms with Crippen molar-refractivity contribution in [3.63, 3.8) is 0 Å². The number of primary amides is 1. The number of rotatable bonds is 6. The molecule has 160 valence electrons. The van der Waals surface area contributed by atoms with Gasteiger partial charge in [0.2, 0.25) is 0 Å². The molecule has 1 fully saturated rings. The Labute approximate surface area is 185 Å². The van der Waals surface area contributed by atoms with E-state index in [-0.39, 0.29) is 0 Å². The van der Waals surface area contributed by atoms with Crippen molar-refractivity contribution in [2.45, 2.75) is 12.8 Å². The normalized spacial score (nSPS) is 14.0. The molecule has 7 nitrogen and oxygen atoms in total. The Morgan fingerprint density at radius 3 is 2.56 bits per heavy atom. The number of aromatic amines is 1. The minimum Gasteiger partial charge on any atom is -0.457 e. The maximum atomic E-state index is 12.3. The molecule has 3 heterocycles. The summed E-state index contributed by atoms with van der Waals surface area (Å²) in [6.45, 7) is 4.46. The Morgan fingerprint density at radius 1 is 1.16 bits per heavy atom. The summed E-state index contributed by atoms with van der Waals surface area (Å²) in [6.07, 6.45) is 1.92. The van der Waals surface area contributed by atoms with E-state index in [1.165, 1.54) is 0 Å². The summed E-state index contributed by atoms with van der Waals surface area (Å²) in [5, 5.41) is 3.16. The van der Waals surface area contributed by atoms with Crippen molar-refractivity contribution in [3.05, 3.63) is 72.1 Å². The molecule has 0 spiro atoms. The number of aromatic nitrogens is 3. The molecule has 2 aromatic carbocycles. The van der Waals surface area contributed by atoms with Gasteiger partial charge >= 0.3 is 0 Å². The fourth-order valence-corrected chi connectivity index (χ4v) is 4.06. The summed E-state index contributed by atoms with van der Waals surface area (Å²) in [5.41, 5.74) is 9.27. The lowest BCUT2D eigenvalue weighted by molar-refractivity contribution is 0.0994. The summed E-state index contributed by atoms with van der Waals surface area (Å²) in [6, 6.07) is 17.1. The second-order valence-corrected chi connectivity index (χ2v) is 7.82. The van der Waals surface area contributed by atoms with Gasteiger partial charge in [-0.2, -0.15) is 0 Å². The van der Waals surface area contributed by atoms with Crippen molar-refractivity contribution in [1.82, 2.24) is 19.5 Å². The van der Waals surface area contributed by atoms with E-state index in [9.17, 15) is 4.79 Å². The van der Waals surface area contributed by atoms with Crippen LogP contribution in [0.15, 0.2) is 60.8 Å². The molecule has 0 unspecified atom stereocenters. The lowest BCUT2D eigenvalue weighted by Crippen LogP contribution is -2.44. The van der Waals surface area contributed by atoms with Crippen molar-refractivity contribution in [1.29, 1.82) is 0 Å². The molecule has 7 heteroatoms. The number of H-pyrrole nitrogens is 1. The highest BCUT2D eigenvalue weighted by Crippen LogP contribution is 2.33. The number of para-hydroxylation sites is 1. The molecule has 4 aromatic rings. The summed E-state index contributed by atoms with van der Waals surface area (Å²) in [5.74, 6) is 7.31. The number of hydrogen-bond donors (Lipinski definition) is 2. The zero-order valence-electron chi connectivity index (χ0n) is 17.7. The Morgan fingerprint density at radius 2 is 1.88 bits per heavy atom. The quantitative estimate of drug-likeness (QED) is 0.462. The number of carbonyl (C=O) groups excluding carboxylic acids is 1. The molecule has 0 atom stereocenters. The Bertz CT molecular complexity index is 1320. The molecule has 32 heavy (non-hydrogen) atoms. The number of amides is 1. The number of imidazole rings is 1. The molecule has 0 bridgehead atoms. The van der Waals surface area contributed by atoms with Gasteiger partial charge in [0, 0.05) is 36.3 Å².